The lowest BCUT2D eigenvalue weighted by atomic mass is 9.95. The van der Waals surface area contributed by atoms with Crippen molar-refractivity contribution in [3.8, 4) is 17.3 Å². The van der Waals surface area contributed by atoms with Crippen LogP contribution in [0.5, 0.6) is 0 Å². The number of benzene rings is 1. The van der Waals surface area contributed by atoms with Crippen LogP contribution in [0.2, 0.25) is 0 Å². The zero-order chi connectivity index (χ0) is 20.5. The Morgan fingerprint density at radius 2 is 2.14 bits per heavy atom. The number of nitrogens with one attached hydrogen (secondary N) is 1. The van der Waals surface area contributed by atoms with Crippen molar-refractivity contribution in [2.75, 3.05) is 17.7 Å². The van der Waals surface area contributed by atoms with Crippen molar-refractivity contribution in [2.45, 2.75) is 44.4 Å². The number of hydrogen-bond donors (Lipinski definition) is 1. The molecular weight excluding hydrogens is 376 g/mol. The van der Waals surface area contributed by atoms with Gasteiger partial charge < -0.3 is 9.72 Å². The van der Waals surface area contributed by atoms with E-state index in [1.165, 1.54) is 11.8 Å². The van der Waals surface area contributed by atoms with E-state index < -0.39 is 17.3 Å². The van der Waals surface area contributed by atoms with Crippen LogP contribution in [0.15, 0.2) is 28.2 Å². The maximum absolute atomic E-state index is 12.9. The van der Waals surface area contributed by atoms with Crippen LogP contribution in [0, 0.1) is 11.3 Å². The Hall–Kier alpha value is -2.79. The fraction of sp³-hybridized carbons (Fsp3) is 0.400. The molecule has 1 aliphatic rings. The van der Waals surface area contributed by atoms with Gasteiger partial charge >= 0.3 is 6.09 Å². The summed E-state index contributed by atoms with van der Waals surface area (Å²) in [7, 11) is 0. The number of thioether (sulfide) groups is 1. The Morgan fingerprint density at radius 3 is 2.79 bits per heavy atom. The summed E-state index contributed by atoms with van der Waals surface area (Å²) in [6.45, 7) is 5.95. The first kappa shape index (κ1) is 20.0. The molecular formula is C20H22N4O3S. The summed E-state index contributed by atoms with van der Waals surface area (Å²) in [5.74, 6) is 0. The van der Waals surface area contributed by atoms with Crippen LogP contribution in [0.1, 0.15) is 38.3 Å². The van der Waals surface area contributed by atoms with Gasteiger partial charge in [-0.3, -0.25) is 9.69 Å². The Balaban J connectivity index is 2.22. The summed E-state index contributed by atoms with van der Waals surface area (Å²) < 4.78 is 5.58. The van der Waals surface area contributed by atoms with E-state index >= 15 is 0 Å². The molecule has 1 amide bonds. The van der Waals surface area contributed by atoms with E-state index in [2.05, 4.69) is 9.97 Å². The van der Waals surface area contributed by atoms with Crippen LogP contribution in [0.4, 0.5) is 10.5 Å². The average Bonchev–Trinajstić information content (AvgIpc) is 2.64. The average molecular weight is 398 g/mol. The number of amides is 1. The molecule has 1 aliphatic heterocycles. The molecule has 0 atom stereocenters. The topological polar surface area (TPSA) is 99.1 Å². The van der Waals surface area contributed by atoms with Crippen molar-refractivity contribution in [2.24, 2.45) is 0 Å². The number of ether oxygens (including phenoxy) is 1. The van der Waals surface area contributed by atoms with Crippen LogP contribution in [0.25, 0.3) is 11.3 Å². The Labute approximate surface area is 167 Å². The fourth-order valence-corrected chi connectivity index (χ4v) is 3.57. The van der Waals surface area contributed by atoms with Crippen molar-refractivity contribution in [1.82, 2.24) is 9.97 Å². The minimum absolute atomic E-state index is 0.0686. The number of para-hydroxylation sites is 1. The molecule has 0 saturated heterocycles. The van der Waals surface area contributed by atoms with E-state index in [4.69, 9.17) is 4.74 Å². The quantitative estimate of drug-likeness (QED) is 0.611. The van der Waals surface area contributed by atoms with Gasteiger partial charge in [-0.05, 0) is 45.4 Å². The van der Waals surface area contributed by atoms with Crippen LogP contribution >= 0.6 is 11.8 Å². The van der Waals surface area contributed by atoms with Gasteiger partial charge in [-0.25, -0.2) is 9.78 Å². The second-order valence-corrected chi connectivity index (χ2v) is 8.25. The summed E-state index contributed by atoms with van der Waals surface area (Å²) in [6.07, 6.45) is 2.94. The first-order valence-electron chi connectivity index (χ1n) is 8.96. The summed E-state index contributed by atoms with van der Waals surface area (Å²) in [6, 6.07) is 7.54. The summed E-state index contributed by atoms with van der Waals surface area (Å²) >= 11 is 1.28. The zero-order valence-corrected chi connectivity index (χ0v) is 17.1. The molecule has 8 heteroatoms. The van der Waals surface area contributed by atoms with E-state index in [1.807, 2.05) is 39.0 Å². The first-order valence-corrected chi connectivity index (χ1v) is 10.2. The number of carbonyl (C=O) groups excluding carboxylic acids is 1. The third kappa shape index (κ3) is 3.90. The Morgan fingerprint density at radius 1 is 1.39 bits per heavy atom. The molecule has 146 valence electrons. The van der Waals surface area contributed by atoms with Crippen LogP contribution in [-0.4, -0.2) is 34.5 Å². The molecule has 1 N–H and O–H groups in total. The van der Waals surface area contributed by atoms with Crippen LogP contribution in [-0.2, 0) is 11.2 Å². The predicted octanol–water partition coefficient (Wildman–Crippen LogP) is 3.72. The summed E-state index contributed by atoms with van der Waals surface area (Å²) in [4.78, 5) is 33.9. The van der Waals surface area contributed by atoms with E-state index in [0.29, 0.717) is 23.0 Å². The van der Waals surface area contributed by atoms with Gasteiger partial charge in [0.25, 0.3) is 5.56 Å². The maximum Gasteiger partial charge on any atom is 0.414 e. The summed E-state index contributed by atoms with van der Waals surface area (Å²) in [5, 5.41) is 9.95. The van der Waals surface area contributed by atoms with E-state index in [-0.39, 0.29) is 11.3 Å². The highest BCUT2D eigenvalue weighted by atomic mass is 32.2. The van der Waals surface area contributed by atoms with Gasteiger partial charge in [0, 0.05) is 12.1 Å². The number of aromatic nitrogens is 2. The van der Waals surface area contributed by atoms with Gasteiger partial charge in [0.1, 0.15) is 17.2 Å². The SMILES string of the molecule is CSc1nc(-c2cccc3c2N(C(=O)OC(C)(C)C)CCC3)c(C#N)c(=O)[nH]1. The minimum atomic E-state index is -0.629. The molecule has 3 rings (SSSR count). The zero-order valence-electron chi connectivity index (χ0n) is 16.3. The number of nitrogens with zero attached hydrogens (tertiary/aromatic N) is 3. The highest BCUT2D eigenvalue weighted by Gasteiger charge is 2.31. The van der Waals surface area contributed by atoms with Crippen molar-refractivity contribution in [1.29, 1.82) is 5.26 Å². The van der Waals surface area contributed by atoms with Crippen molar-refractivity contribution >= 4 is 23.5 Å². The molecule has 0 saturated carbocycles. The molecule has 2 aromatic rings. The molecule has 0 fully saturated rings. The number of fused-ring (bicyclic) bond motifs is 1. The smallest absolute Gasteiger partial charge is 0.414 e. The normalized spacial score (nSPS) is 13.6. The molecule has 1 aromatic heterocycles. The number of aromatic amines is 1. The lowest BCUT2D eigenvalue weighted by Crippen LogP contribution is -2.40. The molecule has 0 spiro atoms. The van der Waals surface area contributed by atoms with Gasteiger partial charge in [-0.1, -0.05) is 30.0 Å². The Bertz CT molecular complexity index is 1020. The highest BCUT2D eigenvalue weighted by Crippen LogP contribution is 2.38. The monoisotopic (exact) mass is 398 g/mol. The lowest BCUT2D eigenvalue weighted by molar-refractivity contribution is 0.0578. The molecule has 0 radical (unpaired) electrons. The molecule has 7 nitrogen and oxygen atoms in total. The van der Waals surface area contributed by atoms with Gasteiger partial charge in [0.2, 0.25) is 0 Å². The number of aryl methyl sites for hydroxylation is 1. The molecule has 0 aliphatic carbocycles. The van der Waals surface area contributed by atoms with Gasteiger partial charge in [0.15, 0.2) is 5.16 Å². The van der Waals surface area contributed by atoms with Gasteiger partial charge in [-0.2, -0.15) is 5.26 Å². The number of hydrogen-bond acceptors (Lipinski definition) is 6. The highest BCUT2D eigenvalue weighted by molar-refractivity contribution is 7.98. The molecule has 0 bridgehead atoms. The van der Waals surface area contributed by atoms with E-state index in [9.17, 15) is 14.9 Å². The molecule has 2 heterocycles. The number of anilines is 1. The Kier molecular flexibility index (Phi) is 5.47. The summed E-state index contributed by atoms with van der Waals surface area (Å²) in [5.41, 5.74) is 1.30. The van der Waals surface area contributed by atoms with Crippen LogP contribution < -0.4 is 10.5 Å². The van der Waals surface area contributed by atoms with E-state index in [1.54, 1.807) is 17.2 Å². The minimum Gasteiger partial charge on any atom is -0.443 e. The maximum atomic E-state index is 12.9. The van der Waals surface area contributed by atoms with Crippen LogP contribution in [0.3, 0.4) is 0 Å². The van der Waals surface area contributed by atoms with Crippen molar-refractivity contribution in [3.05, 3.63) is 39.7 Å². The predicted molar refractivity (Wildman–Crippen MR) is 109 cm³/mol. The van der Waals surface area contributed by atoms with Gasteiger partial charge in [-0.15, -0.1) is 0 Å². The number of H-pyrrole nitrogens is 1. The first-order chi connectivity index (χ1) is 13.2. The second-order valence-electron chi connectivity index (χ2n) is 7.46. The van der Waals surface area contributed by atoms with E-state index in [0.717, 1.165) is 18.4 Å². The molecule has 0 unspecified atom stereocenters. The largest absolute Gasteiger partial charge is 0.443 e. The van der Waals surface area contributed by atoms with Crippen molar-refractivity contribution in [3.63, 3.8) is 0 Å². The number of nitriles is 1. The third-order valence-corrected chi connectivity index (χ3v) is 4.87. The standard InChI is InChI=1S/C20H22N4O3S/c1-20(2,3)27-19(26)24-10-6-8-12-7-5-9-13(16(12)24)15-14(11-21)17(25)23-18(22-15)28-4/h5,7,9H,6,8,10H2,1-4H3,(H,22,23,25). The fourth-order valence-electron chi connectivity index (χ4n) is 3.19. The van der Waals surface area contributed by atoms with Gasteiger partial charge in [0.05, 0.1) is 11.4 Å². The lowest BCUT2D eigenvalue weighted by Gasteiger charge is -2.33. The van der Waals surface area contributed by atoms with Crippen molar-refractivity contribution < 1.29 is 9.53 Å². The molecule has 1 aromatic carbocycles. The second kappa shape index (κ2) is 7.68. The number of carbonyl (C=O) groups is 1. The molecule has 28 heavy (non-hydrogen) atoms. The third-order valence-electron chi connectivity index (χ3n) is 4.29. The number of rotatable bonds is 2.